The summed E-state index contributed by atoms with van der Waals surface area (Å²) in [7, 11) is 0. The van der Waals surface area contributed by atoms with E-state index in [2.05, 4.69) is 74.8 Å². The minimum absolute atomic E-state index is 0.509. The van der Waals surface area contributed by atoms with Gasteiger partial charge in [-0.3, -0.25) is 4.57 Å². The normalized spacial score (nSPS) is 11.6. The first-order valence-corrected chi connectivity index (χ1v) is 14.4. The molecule has 0 saturated heterocycles. The Bertz CT molecular complexity index is 2420. The molecule has 0 saturated carbocycles. The predicted octanol–water partition coefficient (Wildman–Crippen LogP) is 8.19. The van der Waals surface area contributed by atoms with Gasteiger partial charge in [-0.25, -0.2) is 15.0 Å². The van der Waals surface area contributed by atoms with Crippen molar-refractivity contribution in [2.75, 3.05) is 0 Å². The molecule has 4 aromatic heterocycles. The molecule has 0 bridgehead atoms. The second-order valence-electron chi connectivity index (χ2n) is 10.7. The lowest BCUT2D eigenvalue weighted by molar-refractivity contribution is 0.950. The van der Waals surface area contributed by atoms with Crippen LogP contribution in [0.3, 0.4) is 0 Å². The summed E-state index contributed by atoms with van der Waals surface area (Å²) in [5, 5.41) is 3.34. The Labute approximate surface area is 251 Å². The van der Waals surface area contributed by atoms with Gasteiger partial charge in [0.25, 0.3) is 0 Å². The lowest BCUT2D eigenvalue weighted by Crippen LogP contribution is -2.06. The molecular weight excluding hydrogens is 542 g/mol. The standard InChI is InChI=1S/C37H23N7/c1-4-12-24(13-5-1)35-40-36(25-14-6-2-7-15-25)42-37(41-35)44-32-21-31-28(20-29(32)34-33(44)22-38-23-39-34)27-18-10-11-19-30(27)43(31)26-16-8-3-9-17-26/h1-23H. The van der Waals surface area contributed by atoms with Gasteiger partial charge in [0, 0.05) is 33.0 Å². The van der Waals surface area contributed by atoms with Crippen molar-refractivity contribution in [1.29, 1.82) is 0 Å². The van der Waals surface area contributed by atoms with E-state index in [0.29, 0.717) is 17.6 Å². The molecule has 0 radical (unpaired) electrons. The summed E-state index contributed by atoms with van der Waals surface area (Å²) in [5.41, 5.74) is 7.77. The summed E-state index contributed by atoms with van der Waals surface area (Å²) in [6.07, 6.45) is 3.44. The van der Waals surface area contributed by atoms with E-state index in [1.165, 1.54) is 5.39 Å². The predicted molar refractivity (Wildman–Crippen MR) is 175 cm³/mol. The third-order valence-electron chi connectivity index (χ3n) is 8.12. The molecule has 0 N–H and O–H groups in total. The molecule has 0 atom stereocenters. The van der Waals surface area contributed by atoms with Gasteiger partial charge in [0.1, 0.15) is 6.33 Å². The highest BCUT2D eigenvalue weighted by molar-refractivity contribution is 6.18. The lowest BCUT2D eigenvalue weighted by atomic mass is 10.1. The second-order valence-corrected chi connectivity index (χ2v) is 10.7. The van der Waals surface area contributed by atoms with Gasteiger partial charge in [0.15, 0.2) is 11.6 Å². The summed E-state index contributed by atoms with van der Waals surface area (Å²) in [5.74, 6) is 1.70. The Morgan fingerprint density at radius 1 is 0.455 bits per heavy atom. The summed E-state index contributed by atoms with van der Waals surface area (Å²) in [6.45, 7) is 0. The van der Waals surface area contributed by atoms with Crippen molar-refractivity contribution >= 4 is 43.7 Å². The highest BCUT2D eigenvalue weighted by Gasteiger charge is 2.21. The molecule has 9 rings (SSSR count). The van der Waals surface area contributed by atoms with Crippen molar-refractivity contribution < 1.29 is 0 Å². The smallest absolute Gasteiger partial charge is 0.238 e. The lowest BCUT2D eigenvalue weighted by Gasteiger charge is -2.11. The zero-order valence-electron chi connectivity index (χ0n) is 23.4. The van der Waals surface area contributed by atoms with Crippen LogP contribution in [0.4, 0.5) is 0 Å². The molecule has 5 aromatic carbocycles. The van der Waals surface area contributed by atoms with Crippen LogP contribution in [0.5, 0.6) is 0 Å². The maximum absolute atomic E-state index is 5.05. The van der Waals surface area contributed by atoms with E-state index in [1.54, 1.807) is 6.33 Å². The summed E-state index contributed by atoms with van der Waals surface area (Å²) >= 11 is 0. The van der Waals surface area contributed by atoms with Crippen molar-refractivity contribution in [2.24, 2.45) is 0 Å². The molecule has 0 spiro atoms. The topological polar surface area (TPSA) is 74.3 Å². The molecule has 9 aromatic rings. The molecule has 0 amide bonds. The number of benzene rings is 5. The zero-order chi connectivity index (χ0) is 29.0. The summed E-state index contributed by atoms with van der Waals surface area (Å²) in [6, 6.07) is 43.5. The van der Waals surface area contributed by atoms with Gasteiger partial charge in [0.05, 0.1) is 33.8 Å². The van der Waals surface area contributed by atoms with Crippen molar-refractivity contribution in [2.45, 2.75) is 0 Å². The fourth-order valence-corrected chi connectivity index (χ4v) is 6.17. The van der Waals surface area contributed by atoms with Crippen LogP contribution in [-0.4, -0.2) is 34.1 Å². The molecule has 0 fully saturated rings. The molecule has 4 heterocycles. The Morgan fingerprint density at radius 3 is 1.77 bits per heavy atom. The third kappa shape index (κ3) is 3.73. The van der Waals surface area contributed by atoms with Crippen LogP contribution in [-0.2, 0) is 0 Å². The molecule has 0 aliphatic rings. The Kier molecular flexibility index (Phi) is 5.36. The Balaban J connectivity index is 1.41. The van der Waals surface area contributed by atoms with Crippen LogP contribution in [0.15, 0.2) is 140 Å². The second kappa shape index (κ2) is 9.68. The van der Waals surface area contributed by atoms with Crippen molar-refractivity contribution in [3.05, 3.63) is 140 Å². The van der Waals surface area contributed by atoms with Crippen LogP contribution < -0.4 is 0 Å². The molecule has 7 nitrogen and oxygen atoms in total. The third-order valence-corrected chi connectivity index (χ3v) is 8.12. The molecule has 206 valence electrons. The van der Waals surface area contributed by atoms with E-state index in [1.807, 2.05) is 72.9 Å². The van der Waals surface area contributed by atoms with Gasteiger partial charge >= 0.3 is 0 Å². The Morgan fingerprint density at radius 2 is 1.07 bits per heavy atom. The van der Waals surface area contributed by atoms with Crippen molar-refractivity contribution in [3.63, 3.8) is 0 Å². The maximum Gasteiger partial charge on any atom is 0.238 e. The van der Waals surface area contributed by atoms with Gasteiger partial charge in [-0.2, -0.15) is 9.97 Å². The van der Waals surface area contributed by atoms with Crippen molar-refractivity contribution in [3.8, 4) is 34.4 Å². The SMILES string of the molecule is c1ccc(-c2nc(-c3ccccc3)nc(-n3c4cc5c(cc4c4ncncc43)c3ccccc3n5-c3ccccc3)n2)cc1. The minimum Gasteiger partial charge on any atom is -0.309 e. The van der Waals surface area contributed by atoms with Crippen LogP contribution in [0, 0.1) is 0 Å². The van der Waals surface area contributed by atoms with Gasteiger partial charge in [-0.1, -0.05) is 97.1 Å². The number of nitrogens with zero attached hydrogens (tertiary/aromatic N) is 7. The molecule has 0 aliphatic heterocycles. The summed E-state index contributed by atoms with van der Waals surface area (Å²) in [4.78, 5) is 24.2. The van der Waals surface area contributed by atoms with Gasteiger partial charge < -0.3 is 4.57 Å². The van der Waals surface area contributed by atoms with E-state index < -0.39 is 0 Å². The fraction of sp³-hybridized carbons (Fsp3) is 0. The van der Waals surface area contributed by atoms with Crippen LogP contribution in [0.2, 0.25) is 0 Å². The first kappa shape index (κ1) is 24.4. The quantitative estimate of drug-likeness (QED) is 0.215. The van der Waals surface area contributed by atoms with E-state index in [4.69, 9.17) is 19.9 Å². The minimum atomic E-state index is 0.509. The Hall–Kier alpha value is -6.21. The van der Waals surface area contributed by atoms with Gasteiger partial charge in [-0.15, -0.1) is 0 Å². The number of hydrogen-bond donors (Lipinski definition) is 0. The van der Waals surface area contributed by atoms with E-state index in [0.717, 1.165) is 55.2 Å². The van der Waals surface area contributed by atoms with Crippen LogP contribution in [0.1, 0.15) is 0 Å². The van der Waals surface area contributed by atoms with E-state index in [9.17, 15) is 0 Å². The highest BCUT2D eigenvalue weighted by atomic mass is 15.2. The van der Waals surface area contributed by atoms with Crippen LogP contribution >= 0.6 is 0 Å². The van der Waals surface area contributed by atoms with Gasteiger partial charge in [0.2, 0.25) is 5.95 Å². The van der Waals surface area contributed by atoms with E-state index in [-0.39, 0.29) is 0 Å². The molecule has 7 heteroatoms. The van der Waals surface area contributed by atoms with Crippen LogP contribution in [0.25, 0.3) is 78.2 Å². The highest BCUT2D eigenvalue weighted by Crippen LogP contribution is 2.38. The number of fused-ring (bicyclic) bond motifs is 6. The largest absolute Gasteiger partial charge is 0.309 e. The van der Waals surface area contributed by atoms with E-state index >= 15 is 0 Å². The average Bonchev–Trinajstić information content (AvgIpc) is 3.60. The number of aromatic nitrogens is 7. The first-order valence-electron chi connectivity index (χ1n) is 14.4. The number of hydrogen-bond acceptors (Lipinski definition) is 5. The first-order chi connectivity index (χ1) is 21.8. The molecule has 0 unspecified atom stereocenters. The van der Waals surface area contributed by atoms with Gasteiger partial charge in [-0.05, 0) is 30.3 Å². The molecular formula is C37H23N7. The average molecular weight is 566 g/mol. The monoisotopic (exact) mass is 565 g/mol. The van der Waals surface area contributed by atoms with Crippen molar-refractivity contribution in [1.82, 2.24) is 34.1 Å². The zero-order valence-corrected chi connectivity index (χ0v) is 23.4. The summed E-state index contributed by atoms with van der Waals surface area (Å²) < 4.78 is 4.38. The molecule has 44 heavy (non-hydrogen) atoms. The molecule has 0 aliphatic carbocycles. The number of rotatable bonds is 4. The maximum atomic E-state index is 5.05. The fourth-order valence-electron chi connectivity index (χ4n) is 6.17. The number of para-hydroxylation sites is 2.